The van der Waals surface area contributed by atoms with Gasteiger partial charge in [-0.15, -0.1) is 15.3 Å². The lowest BCUT2D eigenvalue weighted by molar-refractivity contribution is 0.112. The maximum absolute atomic E-state index is 10.8. The Morgan fingerprint density at radius 1 is 1.12 bits per heavy atom. The predicted octanol–water partition coefficient (Wildman–Crippen LogP) is 3.35. The second kappa shape index (κ2) is 9.75. The molecule has 0 aliphatic carbocycles. The van der Waals surface area contributed by atoms with Crippen molar-refractivity contribution in [2.75, 3.05) is 7.11 Å². The van der Waals surface area contributed by atoms with Crippen LogP contribution in [0.5, 0.6) is 0 Å². The van der Waals surface area contributed by atoms with Gasteiger partial charge in [-0.25, -0.2) is 0 Å². The Labute approximate surface area is 183 Å². The van der Waals surface area contributed by atoms with E-state index in [0.29, 0.717) is 40.3 Å². The molecule has 0 aliphatic heterocycles. The summed E-state index contributed by atoms with van der Waals surface area (Å²) in [6.45, 7) is 2.19. The first-order valence-electron chi connectivity index (χ1n) is 9.72. The van der Waals surface area contributed by atoms with Gasteiger partial charge in [0.25, 0.3) is 0 Å². The summed E-state index contributed by atoms with van der Waals surface area (Å²) in [6.07, 6.45) is 2.23. The lowest BCUT2D eigenvalue weighted by Gasteiger charge is -2.08. The van der Waals surface area contributed by atoms with Gasteiger partial charge < -0.3 is 14.0 Å². The number of hydrogen-bond acceptors (Lipinski definition) is 9. The van der Waals surface area contributed by atoms with E-state index in [-0.39, 0.29) is 13.2 Å². The molecule has 0 radical (unpaired) electrons. The van der Waals surface area contributed by atoms with Gasteiger partial charge in [0.15, 0.2) is 23.6 Å². The molecule has 0 amide bonds. The molecule has 0 fully saturated rings. The Morgan fingerprint density at radius 3 is 2.66 bits per heavy atom. The highest BCUT2D eigenvalue weighted by Crippen LogP contribution is 2.24. The smallest absolute Gasteiger partial charge is 0.207 e. The highest BCUT2D eigenvalue weighted by atomic mass is 16.5. The largest absolute Gasteiger partial charge is 0.473 e. The summed E-state index contributed by atoms with van der Waals surface area (Å²) in [5.41, 5.74) is 2.46. The van der Waals surface area contributed by atoms with Crippen LogP contribution in [0.3, 0.4) is 0 Å². The number of hydrogen-bond donors (Lipinski definition) is 0. The number of benzene rings is 1. The molecule has 0 bridgehead atoms. The normalized spacial score (nSPS) is 11.5. The molecule has 1 aromatic carbocycles. The van der Waals surface area contributed by atoms with Crippen LogP contribution in [0.25, 0.3) is 22.9 Å². The van der Waals surface area contributed by atoms with Crippen molar-refractivity contribution in [1.82, 2.24) is 25.0 Å². The van der Waals surface area contributed by atoms with Crippen LogP contribution >= 0.6 is 0 Å². The molecular formula is C22H20N6O4. The number of methoxy groups -OCH3 is 1. The molecule has 0 saturated heterocycles. The molecule has 0 N–H and O–H groups in total. The summed E-state index contributed by atoms with van der Waals surface area (Å²) in [4.78, 5) is 15.0. The van der Waals surface area contributed by atoms with Crippen LogP contribution in [0.2, 0.25) is 0 Å². The molecule has 32 heavy (non-hydrogen) atoms. The molecular weight excluding hydrogens is 412 g/mol. The number of pyridine rings is 1. The number of ether oxygens (including phenoxy) is 2. The minimum absolute atomic E-state index is 0.189. The van der Waals surface area contributed by atoms with Crippen LogP contribution in [-0.2, 0) is 22.7 Å². The highest BCUT2D eigenvalue weighted by molar-refractivity contribution is 5.75. The number of rotatable bonds is 8. The predicted molar refractivity (Wildman–Crippen MR) is 115 cm³/mol. The molecule has 0 aliphatic rings. The van der Waals surface area contributed by atoms with Crippen LogP contribution in [0, 0.1) is 0 Å². The maximum Gasteiger partial charge on any atom is 0.207 e. The molecule has 162 valence electrons. The molecule has 0 unspecified atom stereocenters. The van der Waals surface area contributed by atoms with Gasteiger partial charge in [-0.2, -0.15) is 4.68 Å². The third-order valence-corrected chi connectivity index (χ3v) is 4.40. The molecule has 4 aromatic rings. The fraction of sp³-hybridized carbons (Fsp3) is 0.182. The third-order valence-electron chi connectivity index (χ3n) is 4.40. The second-order valence-corrected chi connectivity index (χ2v) is 6.74. The van der Waals surface area contributed by atoms with E-state index in [1.54, 1.807) is 36.9 Å². The van der Waals surface area contributed by atoms with E-state index in [9.17, 15) is 4.79 Å². The van der Waals surface area contributed by atoms with Crippen molar-refractivity contribution in [3.05, 3.63) is 71.7 Å². The maximum atomic E-state index is 10.8. The Bertz CT molecular complexity index is 1210. The van der Waals surface area contributed by atoms with Gasteiger partial charge in [-0.05, 0) is 12.1 Å². The molecule has 0 spiro atoms. The summed E-state index contributed by atoms with van der Waals surface area (Å²) in [5, 5.41) is 17.2. The van der Waals surface area contributed by atoms with Crippen LogP contribution in [-0.4, -0.2) is 44.3 Å². The number of aromatic nitrogens is 5. The average Bonchev–Trinajstić information content (AvgIpc) is 3.46. The zero-order valence-electron chi connectivity index (χ0n) is 17.5. The summed E-state index contributed by atoms with van der Waals surface area (Å²) >= 11 is 0. The minimum Gasteiger partial charge on any atom is -0.473 e. The summed E-state index contributed by atoms with van der Waals surface area (Å²) in [6, 6.07) is 14.7. The first kappa shape index (κ1) is 21.1. The van der Waals surface area contributed by atoms with Crippen LogP contribution in [0.15, 0.2) is 64.4 Å². The fourth-order valence-corrected chi connectivity index (χ4v) is 2.87. The fourth-order valence-electron chi connectivity index (χ4n) is 2.87. The van der Waals surface area contributed by atoms with Crippen molar-refractivity contribution < 1.29 is 18.8 Å². The van der Waals surface area contributed by atoms with Crippen LogP contribution < -0.4 is 0 Å². The van der Waals surface area contributed by atoms with Gasteiger partial charge in [0.05, 0.1) is 5.69 Å². The van der Waals surface area contributed by atoms with E-state index in [1.807, 2.05) is 30.3 Å². The van der Waals surface area contributed by atoms with Crippen molar-refractivity contribution in [1.29, 1.82) is 0 Å². The molecule has 4 rings (SSSR count). The SMILES string of the molecule is COCc1cc(-c2nnc(-c3ccccc3)n2/N=C(\C)OCc2ccc(C=O)cn2)no1. The summed E-state index contributed by atoms with van der Waals surface area (Å²) in [5.74, 6) is 1.84. The Hall–Kier alpha value is -4.18. The molecule has 0 atom stereocenters. The third kappa shape index (κ3) is 4.76. The van der Waals surface area contributed by atoms with Gasteiger partial charge in [0, 0.05) is 37.4 Å². The number of carbonyl (C=O) groups is 1. The lowest BCUT2D eigenvalue weighted by atomic mass is 10.2. The Morgan fingerprint density at radius 2 is 1.94 bits per heavy atom. The van der Waals surface area contributed by atoms with Gasteiger partial charge in [0.1, 0.15) is 13.2 Å². The number of carbonyl (C=O) groups excluding carboxylic acids is 1. The Kier molecular flexibility index (Phi) is 6.42. The minimum atomic E-state index is 0.189. The zero-order chi connectivity index (χ0) is 22.3. The van der Waals surface area contributed by atoms with Gasteiger partial charge in [-0.1, -0.05) is 35.5 Å². The van der Waals surface area contributed by atoms with E-state index >= 15 is 0 Å². The van der Waals surface area contributed by atoms with Crippen molar-refractivity contribution in [3.8, 4) is 22.9 Å². The van der Waals surface area contributed by atoms with Gasteiger partial charge in [-0.3, -0.25) is 9.78 Å². The van der Waals surface area contributed by atoms with Crippen molar-refractivity contribution >= 4 is 12.2 Å². The molecule has 10 nitrogen and oxygen atoms in total. The first-order chi connectivity index (χ1) is 15.7. The summed E-state index contributed by atoms with van der Waals surface area (Å²) in [7, 11) is 1.57. The second-order valence-electron chi connectivity index (χ2n) is 6.74. The van der Waals surface area contributed by atoms with Crippen molar-refractivity contribution in [2.45, 2.75) is 20.1 Å². The van der Waals surface area contributed by atoms with Crippen molar-refractivity contribution in [2.24, 2.45) is 5.10 Å². The van der Waals surface area contributed by atoms with Crippen molar-refractivity contribution in [3.63, 3.8) is 0 Å². The van der Waals surface area contributed by atoms with Crippen LogP contribution in [0.1, 0.15) is 28.7 Å². The average molecular weight is 432 g/mol. The van der Waals surface area contributed by atoms with E-state index in [2.05, 4.69) is 25.4 Å². The quantitative estimate of drug-likeness (QED) is 0.236. The molecule has 3 aromatic heterocycles. The van der Waals surface area contributed by atoms with Gasteiger partial charge in [0.2, 0.25) is 11.7 Å². The van der Waals surface area contributed by atoms with Gasteiger partial charge >= 0.3 is 0 Å². The van der Waals surface area contributed by atoms with E-state index in [1.165, 1.54) is 6.20 Å². The highest BCUT2D eigenvalue weighted by Gasteiger charge is 2.19. The zero-order valence-corrected chi connectivity index (χ0v) is 17.5. The first-order valence-corrected chi connectivity index (χ1v) is 9.72. The van der Waals surface area contributed by atoms with Crippen LogP contribution in [0.4, 0.5) is 0 Å². The van der Waals surface area contributed by atoms with E-state index in [0.717, 1.165) is 11.8 Å². The molecule has 0 saturated carbocycles. The number of nitrogens with zero attached hydrogens (tertiary/aromatic N) is 6. The Balaban J connectivity index is 1.64. The molecule has 10 heteroatoms. The lowest BCUT2D eigenvalue weighted by Crippen LogP contribution is -2.06. The van der Waals surface area contributed by atoms with E-state index in [4.69, 9.17) is 14.0 Å². The monoisotopic (exact) mass is 432 g/mol. The summed E-state index contributed by atoms with van der Waals surface area (Å²) < 4.78 is 17.7. The number of aldehydes is 1. The standard InChI is InChI=1S/C22H20N6O4/c1-15(31-13-18-9-8-16(12-29)11-23-18)26-28-21(17-6-4-3-5-7-17)24-25-22(28)20-10-19(14-30-2)32-27-20/h3-12H,13-14H2,1-2H3/b26-15+. The topological polar surface area (TPSA) is 118 Å². The molecule has 3 heterocycles. The van der Waals surface area contributed by atoms with E-state index < -0.39 is 0 Å².